The zero-order chi connectivity index (χ0) is 17.4. The van der Waals surface area contributed by atoms with Crippen molar-refractivity contribution in [2.75, 3.05) is 0 Å². The largest absolute Gasteiger partial charge is 0.426 e. The molecule has 2 saturated carbocycles. The Morgan fingerprint density at radius 1 is 1.00 bits per heavy atom. The summed E-state index contributed by atoms with van der Waals surface area (Å²) in [5, 5.41) is 9.32. The molecule has 1 nitrogen and oxygen atoms in total. The molecule has 0 saturated heterocycles. The van der Waals surface area contributed by atoms with Gasteiger partial charge in [-0.05, 0) is 48.8 Å². The Bertz CT molecular complexity index is 442. The van der Waals surface area contributed by atoms with Crippen LogP contribution in [-0.2, 0) is 0 Å². The maximum Gasteiger partial charge on any atom is 0.426 e. The lowest BCUT2D eigenvalue weighted by atomic mass is 9.72. The highest BCUT2D eigenvalue weighted by molar-refractivity contribution is 5.03. The maximum absolute atomic E-state index is 12.8. The number of hydrogen-bond donors (Lipinski definition) is 1. The van der Waals surface area contributed by atoms with Crippen LogP contribution in [0.4, 0.5) is 26.3 Å². The minimum absolute atomic E-state index is 0.00755. The molecule has 1 N–H and O–H groups in total. The third kappa shape index (κ3) is 2.22. The Hall–Kier alpha value is -0.460. The summed E-state index contributed by atoms with van der Waals surface area (Å²) in [6, 6.07) is 0. The van der Waals surface area contributed by atoms with E-state index in [-0.39, 0.29) is 12.8 Å². The molecule has 0 spiro atoms. The molecule has 5 unspecified atom stereocenters. The summed E-state index contributed by atoms with van der Waals surface area (Å²) < 4.78 is 93.1. The molecule has 7 heteroatoms. The first-order valence-electron chi connectivity index (χ1n) is 7.41. The molecule has 0 amide bonds. The van der Waals surface area contributed by atoms with Crippen LogP contribution in [0, 0.1) is 29.5 Å². The molecule has 0 aliphatic heterocycles. The van der Waals surface area contributed by atoms with Gasteiger partial charge in [-0.15, -0.1) is 0 Å². The number of halogens is 6. The SMILES string of the molecule is [2H]C1(C)C2CC(CC(O)(C(F)(F)F)C(F)(F)F)C(C2)C1([2H])C. The molecule has 0 heterocycles. The highest BCUT2D eigenvalue weighted by atomic mass is 19.4. The summed E-state index contributed by atoms with van der Waals surface area (Å²) in [7, 11) is 0. The van der Waals surface area contributed by atoms with E-state index in [0.717, 1.165) is 0 Å². The molecule has 2 aliphatic carbocycles. The van der Waals surface area contributed by atoms with E-state index in [2.05, 4.69) is 0 Å². The van der Waals surface area contributed by atoms with Crippen LogP contribution in [0.3, 0.4) is 0 Å². The van der Waals surface area contributed by atoms with Gasteiger partial charge in [-0.2, -0.15) is 26.3 Å². The third-order valence-electron chi connectivity index (χ3n) is 4.98. The first kappa shape index (κ1) is 13.2. The summed E-state index contributed by atoms with van der Waals surface area (Å²) in [6.45, 7) is 2.89. The lowest BCUT2D eigenvalue weighted by Gasteiger charge is -2.39. The smallest absolute Gasteiger partial charge is 0.374 e. The topological polar surface area (TPSA) is 20.2 Å². The quantitative estimate of drug-likeness (QED) is 0.760. The molecule has 2 bridgehead atoms. The van der Waals surface area contributed by atoms with Crippen molar-refractivity contribution in [1.29, 1.82) is 0 Å². The second-order valence-electron chi connectivity index (χ2n) is 5.96. The van der Waals surface area contributed by atoms with Gasteiger partial charge in [0, 0.05) is 2.74 Å². The van der Waals surface area contributed by atoms with Crippen molar-refractivity contribution < 1.29 is 34.2 Å². The minimum atomic E-state index is -5.82. The van der Waals surface area contributed by atoms with Gasteiger partial charge in [-0.1, -0.05) is 13.8 Å². The van der Waals surface area contributed by atoms with Crippen LogP contribution in [0.15, 0.2) is 0 Å². The number of aliphatic hydroxyl groups is 1. The van der Waals surface area contributed by atoms with Crippen molar-refractivity contribution in [3.63, 3.8) is 0 Å². The lowest BCUT2D eigenvalue weighted by molar-refractivity contribution is -0.373. The van der Waals surface area contributed by atoms with Gasteiger partial charge in [0.05, 0.1) is 0 Å². The predicted molar refractivity (Wildman–Crippen MR) is 59.7 cm³/mol. The normalized spacial score (nSPS) is 47.4. The highest BCUT2D eigenvalue weighted by Crippen LogP contribution is 2.59. The maximum atomic E-state index is 12.8. The average Bonchev–Trinajstić information content (AvgIpc) is 2.75. The van der Waals surface area contributed by atoms with E-state index < -0.39 is 53.9 Å². The second-order valence-corrected chi connectivity index (χ2v) is 5.96. The van der Waals surface area contributed by atoms with E-state index >= 15 is 0 Å². The third-order valence-corrected chi connectivity index (χ3v) is 4.98. The van der Waals surface area contributed by atoms with Crippen LogP contribution < -0.4 is 0 Å². The van der Waals surface area contributed by atoms with Crippen LogP contribution >= 0.6 is 0 Å². The van der Waals surface area contributed by atoms with Crippen molar-refractivity contribution >= 4 is 0 Å². The molecule has 0 aromatic rings. The van der Waals surface area contributed by atoms with Gasteiger partial charge < -0.3 is 5.11 Å². The van der Waals surface area contributed by atoms with Crippen molar-refractivity contribution in [1.82, 2.24) is 0 Å². The van der Waals surface area contributed by atoms with Crippen LogP contribution in [0.2, 0.25) is 0 Å². The Balaban J connectivity index is 2.29. The van der Waals surface area contributed by atoms with E-state index in [1.54, 1.807) is 0 Å². The fourth-order valence-corrected chi connectivity index (χ4v) is 3.62. The van der Waals surface area contributed by atoms with E-state index in [0.29, 0.717) is 0 Å². The molecule has 20 heavy (non-hydrogen) atoms. The summed E-state index contributed by atoms with van der Waals surface area (Å²) >= 11 is 0. The molecule has 2 aliphatic rings. The summed E-state index contributed by atoms with van der Waals surface area (Å²) in [5.41, 5.74) is -4.76. The zero-order valence-corrected chi connectivity index (χ0v) is 11.1. The Morgan fingerprint density at radius 3 is 1.85 bits per heavy atom. The molecule has 0 aromatic carbocycles. The Morgan fingerprint density at radius 2 is 1.50 bits per heavy atom. The Kier molecular flexibility index (Phi) is 2.98. The molecule has 5 atom stereocenters. The Labute approximate surface area is 116 Å². The van der Waals surface area contributed by atoms with Gasteiger partial charge in [0.1, 0.15) is 0 Å². The van der Waals surface area contributed by atoms with Gasteiger partial charge >= 0.3 is 12.4 Å². The summed E-state index contributed by atoms with van der Waals surface area (Å²) in [6.07, 6.45) is -12.9. The monoisotopic (exact) mass is 306 g/mol. The lowest BCUT2D eigenvalue weighted by Crippen LogP contribution is -2.58. The van der Waals surface area contributed by atoms with Gasteiger partial charge in [0.15, 0.2) is 0 Å². The minimum Gasteiger partial charge on any atom is -0.374 e. The first-order chi connectivity index (χ1) is 9.56. The number of fused-ring (bicyclic) bond motifs is 2. The molecular formula is C13H18F6O. The average molecular weight is 306 g/mol. The number of alkyl halides is 6. The van der Waals surface area contributed by atoms with Crippen LogP contribution in [0.5, 0.6) is 0 Å². The van der Waals surface area contributed by atoms with E-state index in [9.17, 15) is 31.4 Å². The zero-order valence-electron chi connectivity index (χ0n) is 13.1. The molecule has 0 radical (unpaired) electrons. The van der Waals surface area contributed by atoms with E-state index in [1.807, 2.05) is 0 Å². The summed E-state index contributed by atoms with van der Waals surface area (Å²) in [5.74, 6) is -4.88. The van der Waals surface area contributed by atoms with Crippen molar-refractivity contribution in [3.8, 4) is 0 Å². The molecule has 118 valence electrons. The number of rotatable bonds is 2. The molecular weight excluding hydrogens is 286 g/mol. The molecule has 2 rings (SSSR count). The van der Waals surface area contributed by atoms with Crippen molar-refractivity contribution in [3.05, 3.63) is 0 Å². The van der Waals surface area contributed by atoms with Crippen LogP contribution in [-0.4, -0.2) is 23.1 Å². The van der Waals surface area contributed by atoms with Gasteiger partial charge in [0.2, 0.25) is 0 Å². The van der Waals surface area contributed by atoms with E-state index in [1.165, 1.54) is 13.8 Å². The fourth-order valence-electron chi connectivity index (χ4n) is 3.62. The molecule has 0 aromatic heterocycles. The number of hydrogen-bond acceptors (Lipinski definition) is 1. The molecule has 2 fully saturated rings. The highest BCUT2D eigenvalue weighted by Gasteiger charge is 2.71. The first-order valence-corrected chi connectivity index (χ1v) is 6.41. The summed E-state index contributed by atoms with van der Waals surface area (Å²) in [4.78, 5) is 0. The van der Waals surface area contributed by atoms with E-state index in [4.69, 9.17) is 2.74 Å². The second kappa shape index (κ2) is 4.52. The van der Waals surface area contributed by atoms with Gasteiger partial charge in [-0.25, -0.2) is 0 Å². The van der Waals surface area contributed by atoms with Crippen LogP contribution in [0.25, 0.3) is 0 Å². The van der Waals surface area contributed by atoms with Gasteiger partial charge in [0.25, 0.3) is 5.60 Å². The fraction of sp³-hybridized carbons (Fsp3) is 1.00. The van der Waals surface area contributed by atoms with Crippen LogP contribution in [0.1, 0.15) is 35.9 Å². The standard InChI is InChI=1S/C13H18F6O/c1-6-7(2)10-4-8(6)3-9(10)5-11(20,12(14,15)16)13(17,18)19/h6-10,20H,3-5H2,1-2H3/i6D,7D. The van der Waals surface area contributed by atoms with Gasteiger partial charge in [-0.3, -0.25) is 0 Å². The van der Waals surface area contributed by atoms with Crippen molar-refractivity contribution in [2.24, 2.45) is 29.5 Å². The van der Waals surface area contributed by atoms with Crippen molar-refractivity contribution in [2.45, 2.75) is 51.1 Å². The predicted octanol–water partition coefficient (Wildman–Crippen LogP) is 4.16.